The van der Waals surface area contributed by atoms with Crippen molar-refractivity contribution in [3.05, 3.63) is 108 Å². The first-order valence-corrected chi connectivity index (χ1v) is 10.4. The second-order valence-electron chi connectivity index (χ2n) is 7.31. The first-order valence-electron chi connectivity index (χ1n) is 10.4. The van der Waals surface area contributed by atoms with Gasteiger partial charge in [-0.3, -0.25) is 4.79 Å². The number of para-hydroxylation sites is 1. The van der Waals surface area contributed by atoms with E-state index in [-0.39, 0.29) is 5.91 Å². The summed E-state index contributed by atoms with van der Waals surface area (Å²) in [6.45, 7) is 2.60. The monoisotopic (exact) mass is 395 g/mol. The third kappa shape index (κ3) is 4.52. The Morgan fingerprint density at radius 1 is 0.800 bits per heavy atom. The molecular weight excluding hydrogens is 370 g/mol. The fourth-order valence-corrected chi connectivity index (χ4v) is 3.66. The van der Waals surface area contributed by atoms with Crippen LogP contribution in [0.2, 0.25) is 0 Å². The molecule has 30 heavy (non-hydrogen) atoms. The van der Waals surface area contributed by atoms with Crippen molar-refractivity contribution >= 4 is 16.7 Å². The number of nitrogens with one attached hydrogen (secondary N) is 1. The Morgan fingerprint density at radius 3 is 2.40 bits per heavy atom. The molecule has 0 spiro atoms. The molecule has 0 aliphatic rings. The topological polar surface area (TPSA) is 38.3 Å². The van der Waals surface area contributed by atoms with Crippen LogP contribution in [0.4, 0.5) is 0 Å². The van der Waals surface area contributed by atoms with Crippen LogP contribution in [0.3, 0.4) is 0 Å². The van der Waals surface area contributed by atoms with Gasteiger partial charge in [0.2, 0.25) is 0 Å². The van der Waals surface area contributed by atoms with Crippen LogP contribution in [0.5, 0.6) is 11.5 Å². The van der Waals surface area contributed by atoms with Gasteiger partial charge >= 0.3 is 0 Å². The highest BCUT2D eigenvalue weighted by atomic mass is 16.5. The summed E-state index contributed by atoms with van der Waals surface area (Å²) in [5, 5.41) is 5.44. The summed E-state index contributed by atoms with van der Waals surface area (Å²) >= 11 is 0. The van der Waals surface area contributed by atoms with Crippen molar-refractivity contribution < 1.29 is 9.53 Å². The number of hydrogen-bond acceptors (Lipinski definition) is 2. The quantitative estimate of drug-likeness (QED) is 0.387. The number of carbonyl (C=O) groups excluding carboxylic acids is 1. The number of benzene rings is 4. The lowest BCUT2D eigenvalue weighted by atomic mass is 10.0. The minimum atomic E-state index is -0.0788. The van der Waals surface area contributed by atoms with E-state index in [0.717, 1.165) is 35.1 Å². The molecule has 150 valence electrons. The summed E-state index contributed by atoms with van der Waals surface area (Å²) in [5.41, 5.74) is 2.81. The lowest BCUT2D eigenvalue weighted by Crippen LogP contribution is -2.24. The van der Waals surface area contributed by atoms with Crippen molar-refractivity contribution in [1.82, 2.24) is 5.32 Å². The molecule has 0 radical (unpaired) electrons. The van der Waals surface area contributed by atoms with Crippen molar-refractivity contribution in [1.29, 1.82) is 0 Å². The lowest BCUT2D eigenvalue weighted by molar-refractivity contribution is 0.0950. The van der Waals surface area contributed by atoms with Crippen molar-refractivity contribution in [3.63, 3.8) is 0 Å². The van der Waals surface area contributed by atoms with Gasteiger partial charge < -0.3 is 10.1 Å². The molecule has 1 amide bonds. The average Bonchev–Trinajstić information content (AvgIpc) is 2.79. The Balaban J connectivity index is 1.56. The summed E-state index contributed by atoms with van der Waals surface area (Å²) in [5.74, 6) is 1.34. The Morgan fingerprint density at radius 2 is 1.57 bits per heavy atom. The van der Waals surface area contributed by atoms with E-state index in [4.69, 9.17) is 4.74 Å². The summed E-state index contributed by atoms with van der Waals surface area (Å²) in [4.78, 5) is 13.1. The molecule has 0 saturated heterocycles. The van der Waals surface area contributed by atoms with E-state index in [1.807, 2.05) is 66.7 Å². The summed E-state index contributed by atoms with van der Waals surface area (Å²) < 4.78 is 5.94. The van der Waals surface area contributed by atoms with Crippen molar-refractivity contribution in [2.45, 2.75) is 26.3 Å². The molecule has 0 aromatic heterocycles. The van der Waals surface area contributed by atoms with E-state index in [0.29, 0.717) is 17.9 Å². The largest absolute Gasteiger partial charge is 0.457 e. The van der Waals surface area contributed by atoms with Gasteiger partial charge in [-0.05, 0) is 52.6 Å². The van der Waals surface area contributed by atoms with E-state index in [9.17, 15) is 4.79 Å². The number of hydrogen-bond donors (Lipinski definition) is 1. The zero-order valence-electron chi connectivity index (χ0n) is 17.1. The number of ether oxygens (including phenoxy) is 1. The summed E-state index contributed by atoms with van der Waals surface area (Å²) in [6, 6.07) is 29.8. The second kappa shape index (κ2) is 9.27. The van der Waals surface area contributed by atoms with E-state index in [1.54, 1.807) is 0 Å². The number of amides is 1. The first kappa shape index (κ1) is 19.7. The van der Waals surface area contributed by atoms with Crippen molar-refractivity contribution in [3.8, 4) is 11.5 Å². The third-order valence-electron chi connectivity index (χ3n) is 5.14. The molecule has 0 bridgehead atoms. The van der Waals surface area contributed by atoms with Gasteiger partial charge in [-0.25, -0.2) is 0 Å². The van der Waals surface area contributed by atoms with Gasteiger partial charge in [-0.15, -0.1) is 0 Å². The molecule has 3 heteroatoms. The van der Waals surface area contributed by atoms with Crippen LogP contribution in [0.1, 0.15) is 34.8 Å². The van der Waals surface area contributed by atoms with Gasteiger partial charge in [0.05, 0.1) is 0 Å². The second-order valence-corrected chi connectivity index (χ2v) is 7.31. The highest BCUT2D eigenvalue weighted by Gasteiger charge is 2.13. The van der Waals surface area contributed by atoms with E-state index in [2.05, 4.69) is 36.5 Å². The molecule has 1 N–H and O–H groups in total. The molecule has 4 aromatic carbocycles. The molecule has 0 aliphatic carbocycles. The standard InChI is InChI=1S/C27H25NO2/c1-2-9-20-16-17-24(30-23-13-4-3-5-14-23)18-26(20)27(29)28-19-22-12-8-11-21-10-6-7-15-25(21)22/h3-8,10-18H,2,9,19H2,1H3,(H,28,29). The van der Waals surface area contributed by atoms with Crippen molar-refractivity contribution in [2.75, 3.05) is 0 Å². The maximum atomic E-state index is 13.1. The smallest absolute Gasteiger partial charge is 0.251 e. The van der Waals surface area contributed by atoms with Crippen LogP contribution in [0, 0.1) is 0 Å². The molecular formula is C27H25NO2. The van der Waals surface area contributed by atoms with Gasteiger partial charge in [0.1, 0.15) is 11.5 Å². The van der Waals surface area contributed by atoms with Gasteiger partial charge in [0.25, 0.3) is 5.91 Å². The van der Waals surface area contributed by atoms with Crippen LogP contribution in [0.15, 0.2) is 91.0 Å². The van der Waals surface area contributed by atoms with E-state index < -0.39 is 0 Å². The van der Waals surface area contributed by atoms with Crippen LogP contribution >= 0.6 is 0 Å². The van der Waals surface area contributed by atoms with Crippen LogP contribution in [-0.2, 0) is 13.0 Å². The summed E-state index contributed by atoms with van der Waals surface area (Å²) in [6.07, 6.45) is 1.82. The molecule has 3 nitrogen and oxygen atoms in total. The molecule has 0 unspecified atom stereocenters. The lowest BCUT2D eigenvalue weighted by Gasteiger charge is -2.13. The number of rotatable bonds is 7. The highest BCUT2D eigenvalue weighted by molar-refractivity contribution is 5.96. The van der Waals surface area contributed by atoms with Gasteiger partial charge in [-0.2, -0.15) is 0 Å². The molecule has 0 atom stereocenters. The number of aryl methyl sites for hydroxylation is 1. The Hall–Kier alpha value is -3.59. The molecule has 0 aliphatic heterocycles. The zero-order chi connectivity index (χ0) is 20.8. The number of carbonyl (C=O) groups is 1. The maximum absolute atomic E-state index is 13.1. The number of fused-ring (bicyclic) bond motifs is 1. The third-order valence-corrected chi connectivity index (χ3v) is 5.14. The fourth-order valence-electron chi connectivity index (χ4n) is 3.66. The zero-order valence-corrected chi connectivity index (χ0v) is 17.1. The maximum Gasteiger partial charge on any atom is 0.251 e. The van der Waals surface area contributed by atoms with Gasteiger partial charge in [0.15, 0.2) is 0 Å². The molecule has 0 saturated carbocycles. The summed E-state index contributed by atoms with van der Waals surface area (Å²) in [7, 11) is 0. The Bertz CT molecular complexity index is 1150. The van der Waals surface area contributed by atoms with E-state index >= 15 is 0 Å². The van der Waals surface area contributed by atoms with Crippen LogP contribution in [-0.4, -0.2) is 5.91 Å². The SMILES string of the molecule is CCCc1ccc(Oc2ccccc2)cc1C(=O)NCc1cccc2ccccc12. The van der Waals surface area contributed by atoms with Crippen LogP contribution < -0.4 is 10.1 Å². The molecule has 4 aromatic rings. The minimum Gasteiger partial charge on any atom is -0.457 e. The fraction of sp³-hybridized carbons (Fsp3) is 0.148. The minimum absolute atomic E-state index is 0.0788. The first-order chi connectivity index (χ1) is 14.7. The van der Waals surface area contributed by atoms with Gasteiger partial charge in [-0.1, -0.05) is 80.1 Å². The predicted octanol–water partition coefficient (Wildman–Crippen LogP) is 6.51. The average molecular weight is 396 g/mol. The Labute approximate surface area is 177 Å². The molecule has 4 rings (SSSR count). The van der Waals surface area contributed by atoms with E-state index in [1.165, 1.54) is 5.39 Å². The highest BCUT2D eigenvalue weighted by Crippen LogP contribution is 2.25. The predicted molar refractivity (Wildman–Crippen MR) is 122 cm³/mol. The normalized spacial score (nSPS) is 10.7. The molecule has 0 heterocycles. The Kier molecular flexibility index (Phi) is 6.09. The molecule has 0 fully saturated rings. The van der Waals surface area contributed by atoms with Crippen molar-refractivity contribution in [2.24, 2.45) is 0 Å². The van der Waals surface area contributed by atoms with Gasteiger partial charge in [0, 0.05) is 12.1 Å². The van der Waals surface area contributed by atoms with Crippen LogP contribution in [0.25, 0.3) is 10.8 Å².